The van der Waals surface area contributed by atoms with Crippen LogP contribution in [0.3, 0.4) is 0 Å². The van der Waals surface area contributed by atoms with Crippen molar-refractivity contribution >= 4 is 5.97 Å². The third-order valence-corrected chi connectivity index (χ3v) is 1.62. The Morgan fingerprint density at radius 1 is 1.82 bits per heavy atom. The van der Waals surface area contributed by atoms with Crippen LogP contribution in [0, 0.1) is 0 Å². The molecule has 1 rings (SSSR count). The smallest absolute Gasteiger partial charge is 0.313 e. The van der Waals surface area contributed by atoms with Crippen molar-refractivity contribution in [3.05, 3.63) is 18.2 Å². The lowest BCUT2D eigenvalue weighted by atomic mass is 10.2. The number of aliphatic carboxylic acids is 1. The highest BCUT2D eigenvalue weighted by atomic mass is 16.4. The molecule has 1 unspecified atom stereocenters. The minimum Gasteiger partial charge on any atom is -0.481 e. The molecule has 1 N–H and O–H groups in total. The summed E-state index contributed by atoms with van der Waals surface area (Å²) in [5, 5.41) is 8.62. The number of carbonyl (C=O) groups is 1. The van der Waals surface area contributed by atoms with Crippen molar-refractivity contribution in [3.8, 4) is 0 Å². The predicted octanol–water partition coefficient (Wildman–Crippen LogP) is 0.608. The fraction of sp³-hybridized carbons (Fsp3) is 0.429. The van der Waals surface area contributed by atoms with Gasteiger partial charge in [-0.3, -0.25) is 4.79 Å². The maximum absolute atomic E-state index is 10.5. The number of hydrogen-bond acceptors (Lipinski definition) is 2. The first kappa shape index (κ1) is 7.78. The molecule has 0 aromatic carbocycles. The van der Waals surface area contributed by atoms with Crippen molar-refractivity contribution in [1.82, 2.24) is 9.55 Å². The molecule has 1 aromatic heterocycles. The summed E-state index contributed by atoms with van der Waals surface area (Å²) in [6.45, 7) is 1.62. The number of aromatic nitrogens is 2. The van der Waals surface area contributed by atoms with E-state index in [9.17, 15) is 4.79 Å². The average molecular weight is 154 g/mol. The van der Waals surface area contributed by atoms with Gasteiger partial charge < -0.3 is 9.67 Å². The van der Waals surface area contributed by atoms with Crippen LogP contribution < -0.4 is 0 Å². The minimum atomic E-state index is -0.848. The van der Waals surface area contributed by atoms with E-state index in [0.29, 0.717) is 5.82 Å². The van der Waals surface area contributed by atoms with Crippen LogP contribution in [-0.2, 0) is 11.8 Å². The SMILES string of the molecule is CC(C(=O)O)c1nccn1C. The zero-order chi connectivity index (χ0) is 8.43. The summed E-state index contributed by atoms with van der Waals surface area (Å²) in [6, 6.07) is 0. The third kappa shape index (κ3) is 1.39. The Bertz CT molecular complexity index is 267. The van der Waals surface area contributed by atoms with Gasteiger partial charge in [-0.2, -0.15) is 0 Å². The number of rotatable bonds is 2. The summed E-state index contributed by atoms with van der Waals surface area (Å²) in [4.78, 5) is 14.4. The normalized spacial score (nSPS) is 12.9. The summed E-state index contributed by atoms with van der Waals surface area (Å²) < 4.78 is 1.71. The lowest BCUT2D eigenvalue weighted by Crippen LogP contribution is -2.12. The van der Waals surface area contributed by atoms with Gasteiger partial charge in [-0.15, -0.1) is 0 Å². The van der Waals surface area contributed by atoms with Crippen molar-refractivity contribution in [2.45, 2.75) is 12.8 Å². The number of nitrogens with zero attached hydrogens (tertiary/aromatic N) is 2. The molecule has 1 atom stereocenters. The summed E-state index contributed by atoms with van der Waals surface area (Å²) in [7, 11) is 1.78. The predicted molar refractivity (Wildman–Crippen MR) is 39.3 cm³/mol. The Balaban J connectivity index is 2.92. The molecule has 60 valence electrons. The van der Waals surface area contributed by atoms with E-state index in [0.717, 1.165) is 0 Å². The molecular weight excluding hydrogens is 144 g/mol. The first-order valence-electron chi connectivity index (χ1n) is 3.33. The van der Waals surface area contributed by atoms with Gasteiger partial charge in [0.25, 0.3) is 0 Å². The first-order chi connectivity index (χ1) is 5.13. The van der Waals surface area contributed by atoms with Crippen molar-refractivity contribution in [2.75, 3.05) is 0 Å². The Hall–Kier alpha value is -1.32. The molecule has 11 heavy (non-hydrogen) atoms. The molecule has 0 aliphatic heterocycles. The third-order valence-electron chi connectivity index (χ3n) is 1.62. The number of imidazole rings is 1. The molecule has 4 nitrogen and oxygen atoms in total. The van der Waals surface area contributed by atoms with Crippen LogP contribution in [0.2, 0.25) is 0 Å². The van der Waals surface area contributed by atoms with Gasteiger partial charge in [0.15, 0.2) is 0 Å². The van der Waals surface area contributed by atoms with E-state index >= 15 is 0 Å². The maximum Gasteiger partial charge on any atom is 0.313 e. The van der Waals surface area contributed by atoms with Crippen LogP contribution in [0.1, 0.15) is 18.7 Å². The van der Waals surface area contributed by atoms with E-state index in [4.69, 9.17) is 5.11 Å². The quantitative estimate of drug-likeness (QED) is 0.679. The standard InChI is InChI=1S/C7H10N2O2/c1-5(7(10)11)6-8-3-4-9(6)2/h3-5H,1-2H3,(H,10,11). The molecule has 0 spiro atoms. The Morgan fingerprint density at radius 3 is 2.82 bits per heavy atom. The van der Waals surface area contributed by atoms with Crippen molar-refractivity contribution in [1.29, 1.82) is 0 Å². The summed E-state index contributed by atoms with van der Waals surface area (Å²) in [5.41, 5.74) is 0. The first-order valence-corrected chi connectivity index (χ1v) is 3.33. The van der Waals surface area contributed by atoms with Crippen molar-refractivity contribution in [3.63, 3.8) is 0 Å². The van der Waals surface area contributed by atoms with Gasteiger partial charge in [0.05, 0.1) is 0 Å². The van der Waals surface area contributed by atoms with E-state index in [-0.39, 0.29) is 0 Å². The molecule has 0 fully saturated rings. The van der Waals surface area contributed by atoms with Gasteiger partial charge in [0.1, 0.15) is 11.7 Å². The highest BCUT2D eigenvalue weighted by Gasteiger charge is 2.16. The van der Waals surface area contributed by atoms with E-state index in [1.54, 1.807) is 30.9 Å². The van der Waals surface area contributed by atoms with Gasteiger partial charge in [-0.1, -0.05) is 0 Å². The van der Waals surface area contributed by atoms with Gasteiger partial charge >= 0.3 is 5.97 Å². The number of aryl methyl sites for hydroxylation is 1. The van der Waals surface area contributed by atoms with Gasteiger partial charge in [0.2, 0.25) is 0 Å². The highest BCUT2D eigenvalue weighted by molar-refractivity contribution is 5.74. The van der Waals surface area contributed by atoms with Crippen LogP contribution in [0.4, 0.5) is 0 Å². The van der Waals surface area contributed by atoms with Gasteiger partial charge in [-0.05, 0) is 6.92 Å². The summed E-state index contributed by atoms with van der Waals surface area (Å²) in [5.74, 6) is -0.799. The lowest BCUT2D eigenvalue weighted by molar-refractivity contribution is -0.138. The van der Waals surface area contributed by atoms with Crippen LogP contribution in [0.25, 0.3) is 0 Å². The summed E-state index contributed by atoms with van der Waals surface area (Å²) in [6.07, 6.45) is 3.32. The van der Waals surface area contributed by atoms with Crippen LogP contribution in [0.5, 0.6) is 0 Å². The lowest BCUT2D eigenvalue weighted by Gasteiger charge is -2.04. The molecule has 0 saturated heterocycles. The molecule has 0 radical (unpaired) electrons. The molecular formula is C7H10N2O2. The second-order valence-electron chi connectivity index (χ2n) is 2.46. The van der Waals surface area contributed by atoms with Crippen LogP contribution >= 0.6 is 0 Å². The fourth-order valence-corrected chi connectivity index (χ4v) is 0.905. The monoisotopic (exact) mass is 154 g/mol. The van der Waals surface area contributed by atoms with E-state index in [1.165, 1.54) is 0 Å². The fourth-order valence-electron chi connectivity index (χ4n) is 0.905. The largest absolute Gasteiger partial charge is 0.481 e. The van der Waals surface area contributed by atoms with E-state index in [2.05, 4.69) is 4.98 Å². The molecule has 0 aliphatic carbocycles. The molecule has 0 bridgehead atoms. The topological polar surface area (TPSA) is 55.1 Å². The van der Waals surface area contributed by atoms with Gasteiger partial charge in [0, 0.05) is 19.4 Å². The molecule has 0 amide bonds. The second kappa shape index (κ2) is 2.74. The van der Waals surface area contributed by atoms with Gasteiger partial charge in [-0.25, -0.2) is 4.98 Å². The molecule has 1 heterocycles. The van der Waals surface area contributed by atoms with Crippen LogP contribution in [0.15, 0.2) is 12.4 Å². The van der Waals surface area contributed by atoms with Crippen molar-refractivity contribution < 1.29 is 9.90 Å². The minimum absolute atomic E-state index is 0.532. The molecule has 0 saturated carbocycles. The molecule has 4 heteroatoms. The van der Waals surface area contributed by atoms with Crippen LogP contribution in [-0.4, -0.2) is 20.6 Å². The Morgan fingerprint density at radius 2 is 2.45 bits per heavy atom. The van der Waals surface area contributed by atoms with E-state index < -0.39 is 11.9 Å². The average Bonchev–Trinajstić information content (AvgIpc) is 2.33. The second-order valence-corrected chi connectivity index (χ2v) is 2.46. The molecule has 1 aromatic rings. The zero-order valence-electron chi connectivity index (χ0n) is 6.48. The Labute approximate surface area is 64.5 Å². The number of carboxylic acids is 1. The zero-order valence-corrected chi connectivity index (χ0v) is 6.48. The molecule has 0 aliphatic rings. The van der Waals surface area contributed by atoms with E-state index in [1.807, 2.05) is 0 Å². The highest BCUT2D eigenvalue weighted by Crippen LogP contribution is 2.10. The number of carboxylic acid groups (broad SMARTS) is 1. The maximum atomic E-state index is 10.5. The Kier molecular flexibility index (Phi) is 1.94. The summed E-state index contributed by atoms with van der Waals surface area (Å²) >= 11 is 0. The number of hydrogen-bond donors (Lipinski definition) is 1. The van der Waals surface area contributed by atoms with Crippen molar-refractivity contribution in [2.24, 2.45) is 7.05 Å².